The van der Waals surface area contributed by atoms with E-state index in [4.69, 9.17) is 26.8 Å². The Kier molecular flexibility index (Phi) is 5.85. The summed E-state index contributed by atoms with van der Waals surface area (Å²) >= 11 is 5.66. The normalized spacial score (nSPS) is 14.8. The van der Waals surface area contributed by atoms with Crippen molar-refractivity contribution in [3.8, 4) is 0 Å². The van der Waals surface area contributed by atoms with Crippen LogP contribution in [0.2, 0.25) is 5.15 Å². The van der Waals surface area contributed by atoms with Crippen LogP contribution in [0.4, 0.5) is 5.69 Å². The molecule has 1 aliphatic heterocycles. The highest BCUT2D eigenvalue weighted by atomic mass is 35.5. The molecule has 5 heteroatoms. The van der Waals surface area contributed by atoms with E-state index in [-0.39, 0.29) is 0 Å². The lowest BCUT2D eigenvalue weighted by atomic mass is 10.3. The Morgan fingerprint density at radius 2 is 1.88 bits per heavy atom. The van der Waals surface area contributed by atoms with E-state index in [1.54, 1.807) is 12.1 Å². The molecule has 1 aromatic rings. The molecule has 0 saturated carbocycles. The van der Waals surface area contributed by atoms with Gasteiger partial charge < -0.3 is 15.2 Å². The van der Waals surface area contributed by atoms with Crippen LogP contribution in [0.5, 0.6) is 0 Å². The first-order chi connectivity index (χ1) is 7.74. The van der Waals surface area contributed by atoms with Gasteiger partial charge in [0.1, 0.15) is 5.15 Å². The Bertz CT molecular complexity index is 329. The Morgan fingerprint density at radius 1 is 1.31 bits per heavy atom. The monoisotopic (exact) mass is 242 g/mol. The lowest BCUT2D eigenvalue weighted by Gasteiger charge is -2.09. The SMILES string of the molecule is C1COCCO1.C=Cc1cc(N)cnc1Cl. The van der Waals surface area contributed by atoms with E-state index in [9.17, 15) is 0 Å². The molecule has 2 rings (SSSR count). The smallest absolute Gasteiger partial charge is 0.136 e. The van der Waals surface area contributed by atoms with Crippen LogP contribution >= 0.6 is 11.6 Å². The molecule has 0 spiro atoms. The number of halogens is 1. The molecule has 0 aliphatic carbocycles. The molecule has 0 unspecified atom stereocenters. The number of nitrogens with zero attached hydrogens (tertiary/aromatic N) is 1. The summed E-state index contributed by atoms with van der Waals surface area (Å²) in [5.74, 6) is 0. The van der Waals surface area contributed by atoms with Gasteiger partial charge in [-0.2, -0.15) is 0 Å². The van der Waals surface area contributed by atoms with Gasteiger partial charge in [-0.3, -0.25) is 0 Å². The summed E-state index contributed by atoms with van der Waals surface area (Å²) in [5.41, 5.74) is 6.80. The average Bonchev–Trinajstić information content (AvgIpc) is 2.35. The average molecular weight is 243 g/mol. The van der Waals surface area contributed by atoms with E-state index in [1.165, 1.54) is 6.20 Å². The van der Waals surface area contributed by atoms with Gasteiger partial charge in [-0.15, -0.1) is 0 Å². The number of aromatic nitrogens is 1. The van der Waals surface area contributed by atoms with E-state index in [1.807, 2.05) is 0 Å². The van der Waals surface area contributed by atoms with E-state index >= 15 is 0 Å². The molecule has 4 nitrogen and oxygen atoms in total. The minimum absolute atomic E-state index is 0.434. The molecule has 88 valence electrons. The summed E-state index contributed by atoms with van der Waals surface area (Å²) < 4.78 is 9.89. The van der Waals surface area contributed by atoms with Gasteiger partial charge >= 0.3 is 0 Å². The molecule has 2 heterocycles. The number of rotatable bonds is 1. The van der Waals surface area contributed by atoms with Crippen molar-refractivity contribution in [1.29, 1.82) is 0 Å². The van der Waals surface area contributed by atoms with Crippen LogP contribution in [0.15, 0.2) is 18.8 Å². The number of ether oxygens (including phenoxy) is 2. The van der Waals surface area contributed by atoms with Crippen LogP contribution in [0, 0.1) is 0 Å². The van der Waals surface area contributed by atoms with Crippen molar-refractivity contribution >= 4 is 23.4 Å². The molecule has 0 amide bonds. The predicted octanol–water partition coefficient (Wildman–Crippen LogP) is 1.99. The molecule has 1 aliphatic rings. The maximum Gasteiger partial charge on any atom is 0.136 e. The molecule has 1 saturated heterocycles. The molecule has 16 heavy (non-hydrogen) atoms. The Balaban J connectivity index is 0.000000181. The Morgan fingerprint density at radius 3 is 2.25 bits per heavy atom. The van der Waals surface area contributed by atoms with Crippen molar-refractivity contribution < 1.29 is 9.47 Å². The van der Waals surface area contributed by atoms with Crippen LogP contribution in [0.25, 0.3) is 6.08 Å². The number of hydrogen-bond acceptors (Lipinski definition) is 4. The maximum atomic E-state index is 5.66. The standard InChI is InChI=1S/C7H7ClN2.C4H8O2/c1-2-5-3-6(9)4-10-7(5)8;1-2-6-4-3-5-1/h2-4H,1,9H2;1-4H2. The first-order valence-electron chi connectivity index (χ1n) is 4.93. The summed E-state index contributed by atoms with van der Waals surface area (Å²) in [6, 6.07) is 1.72. The summed E-state index contributed by atoms with van der Waals surface area (Å²) in [5, 5.41) is 0.434. The molecular formula is C11H15ClN2O2. The van der Waals surface area contributed by atoms with Crippen molar-refractivity contribution in [2.45, 2.75) is 0 Å². The quantitative estimate of drug-likeness (QED) is 0.766. The number of nitrogens with two attached hydrogens (primary N) is 1. The fourth-order valence-corrected chi connectivity index (χ4v) is 1.25. The van der Waals surface area contributed by atoms with Gasteiger partial charge in [0.25, 0.3) is 0 Å². The van der Waals surface area contributed by atoms with Crippen molar-refractivity contribution in [3.05, 3.63) is 29.6 Å². The largest absolute Gasteiger partial charge is 0.397 e. The third-order valence-electron chi connectivity index (χ3n) is 1.85. The minimum Gasteiger partial charge on any atom is -0.397 e. The Hall–Kier alpha value is -1.10. The second-order valence-corrected chi connectivity index (χ2v) is 3.44. The second-order valence-electron chi connectivity index (χ2n) is 3.08. The van der Waals surface area contributed by atoms with Crippen LogP contribution < -0.4 is 5.73 Å². The van der Waals surface area contributed by atoms with Crippen LogP contribution in [-0.2, 0) is 9.47 Å². The third kappa shape index (κ3) is 4.61. The first kappa shape index (κ1) is 13.0. The van der Waals surface area contributed by atoms with Crippen molar-refractivity contribution in [2.24, 2.45) is 0 Å². The van der Waals surface area contributed by atoms with Gasteiger partial charge in [-0.25, -0.2) is 4.98 Å². The van der Waals surface area contributed by atoms with E-state index in [2.05, 4.69) is 11.6 Å². The Labute approximate surface area is 100 Å². The highest BCUT2D eigenvalue weighted by Gasteiger charge is 1.95. The number of pyridine rings is 1. The minimum atomic E-state index is 0.434. The highest BCUT2D eigenvalue weighted by molar-refractivity contribution is 6.30. The predicted molar refractivity (Wildman–Crippen MR) is 65.4 cm³/mol. The summed E-state index contributed by atoms with van der Waals surface area (Å²) in [6.07, 6.45) is 3.13. The maximum absolute atomic E-state index is 5.66. The molecule has 0 bridgehead atoms. The zero-order chi connectivity index (χ0) is 11.8. The van der Waals surface area contributed by atoms with E-state index in [0.717, 1.165) is 32.0 Å². The lowest BCUT2D eigenvalue weighted by Crippen LogP contribution is -2.16. The van der Waals surface area contributed by atoms with Crippen molar-refractivity contribution in [2.75, 3.05) is 32.2 Å². The summed E-state index contributed by atoms with van der Waals surface area (Å²) in [7, 11) is 0. The van der Waals surface area contributed by atoms with Crippen LogP contribution in [-0.4, -0.2) is 31.4 Å². The summed E-state index contributed by atoms with van der Waals surface area (Å²) in [4.78, 5) is 3.82. The lowest BCUT2D eigenvalue weighted by molar-refractivity contribution is -0.0334. The molecular weight excluding hydrogens is 228 g/mol. The van der Waals surface area contributed by atoms with Gasteiger partial charge in [-0.1, -0.05) is 24.3 Å². The highest BCUT2D eigenvalue weighted by Crippen LogP contribution is 2.15. The number of hydrogen-bond donors (Lipinski definition) is 1. The molecule has 1 fully saturated rings. The fraction of sp³-hybridized carbons (Fsp3) is 0.364. The zero-order valence-electron chi connectivity index (χ0n) is 8.99. The molecule has 0 atom stereocenters. The number of anilines is 1. The van der Waals surface area contributed by atoms with Crippen molar-refractivity contribution in [1.82, 2.24) is 4.98 Å². The molecule has 2 N–H and O–H groups in total. The summed E-state index contributed by atoms with van der Waals surface area (Å²) in [6.45, 7) is 6.66. The van der Waals surface area contributed by atoms with E-state index in [0.29, 0.717) is 10.8 Å². The van der Waals surface area contributed by atoms with Crippen LogP contribution in [0.1, 0.15) is 5.56 Å². The van der Waals surface area contributed by atoms with Gasteiger partial charge in [0.2, 0.25) is 0 Å². The van der Waals surface area contributed by atoms with Gasteiger partial charge in [-0.05, 0) is 6.07 Å². The second kappa shape index (κ2) is 7.22. The van der Waals surface area contributed by atoms with Gasteiger partial charge in [0.05, 0.1) is 38.3 Å². The van der Waals surface area contributed by atoms with Crippen LogP contribution in [0.3, 0.4) is 0 Å². The number of nitrogen functional groups attached to an aromatic ring is 1. The van der Waals surface area contributed by atoms with Gasteiger partial charge in [0.15, 0.2) is 0 Å². The first-order valence-corrected chi connectivity index (χ1v) is 5.31. The van der Waals surface area contributed by atoms with Gasteiger partial charge in [0, 0.05) is 5.56 Å². The molecule has 1 aromatic heterocycles. The zero-order valence-corrected chi connectivity index (χ0v) is 9.74. The fourth-order valence-electron chi connectivity index (χ4n) is 1.07. The third-order valence-corrected chi connectivity index (χ3v) is 2.17. The molecule has 0 radical (unpaired) electrons. The van der Waals surface area contributed by atoms with Crippen molar-refractivity contribution in [3.63, 3.8) is 0 Å². The topological polar surface area (TPSA) is 57.4 Å². The molecule has 0 aromatic carbocycles. The van der Waals surface area contributed by atoms with E-state index < -0.39 is 0 Å².